The molecular weight excluding hydrogens is 232 g/mol. The van der Waals surface area contributed by atoms with Crippen LogP contribution in [-0.2, 0) is 6.54 Å². The normalized spacial score (nSPS) is 10.5. The summed E-state index contributed by atoms with van der Waals surface area (Å²) in [5, 5.41) is 0.965. The van der Waals surface area contributed by atoms with Gasteiger partial charge in [0.2, 0.25) is 5.13 Å². The molecule has 0 atom stereocenters. The van der Waals surface area contributed by atoms with E-state index < -0.39 is 0 Å². The van der Waals surface area contributed by atoms with Crippen molar-refractivity contribution in [3.63, 3.8) is 0 Å². The Balaban J connectivity index is 2.15. The van der Waals surface area contributed by atoms with Crippen LogP contribution in [0.25, 0.3) is 0 Å². The first-order valence-corrected chi connectivity index (χ1v) is 6.36. The van der Waals surface area contributed by atoms with Gasteiger partial charge < -0.3 is 10.6 Å². The molecule has 0 aliphatic rings. The molecule has 0 bridgehead atoms. The summed E-state index contributed by atoms with van der Waals surface area (Å²) in [5.41, 5.74) is 7.77. The van der Waals surface area contributed by atoms with Crippen LogP contribution in [0.15, 0.2) is 24.3 Å². The lowest BCUT2D eigenvalue weighted by Gasteiger charge is -2.19. The second kappa shape index (κ2) is 5.14. The Kier molecular flexibility index (Phi) is 3.58. The molecule has 90 valence electrons. The summed E-state index contributed by atoms with van der Waals surface area (Å²) >= 11 is 1.44. The number of nitrogens with two attached hydrogens (primary N) is 1. The molecule has 0 amide bonds. The van der Waals surface area contributed by atoms with Crippen molar-refractivity contribution in [3.8, 4) is 0 Å². The Labute approximate surface area is 105 Å². The molecule has 1 aromatic heterocycles. The van der Waals surface area contributed by atoms with E-state index in [-0.39, 0.29) is 0 Å². The maximum absolute atomic E-state index is 5.77. The molecule has 0 spiro atoms. The molecule has 2 aromatic rings. The number of nitrogens with zero attached hydrogens (tertiary/aromatic N) is 3. The number of hydrogen-bond acceptors (Lipinski definition) is 5. The first-order chi connectivity index (χ1) is 8.19. The number of rotatable bonds is 4. The molecular formula is C12H16N4S. The molecule has 0 saturated heterocycles. The Morgan fingerprint density at radius 1 is 1.41 bits per heavy atom. The standard InChI is InChI=1S/C12H16N4S/c1-3-16(12-14-9(2)15-17-12)8-10-5-4-6-11(13)7-10/h4-7H,3,8,13H2,1-2H3. The summed E-state index contributed by atoms with van der Waals surface area (Å²) in [6.07, 6.45) is 0. The third-order valence-electron chi connectivity index (χ3n) is 2.49. The van der Waals surface area contributed by atoms with Gasteiger partial charge in [-0.2, -0.15) is 4.37 Å². The maximum Gasteiger partial charge on any atom is 0.205 e. The predicted octanol–water partition coefficient (Wildman–Crippen LogP) is 2.46. The Hall–Kier alpha value is -1.62. The van der Waals surface area contributed by atoms with Crippen LogP contribution < -0.4 is 10.6 Å². The lowest BCUT2D eigenvalue weighted by Crippen LogP contribution is -2.21. The molecule has 2 rings (SSSR count). The lowest BCUT2D eigenvalue weighted by atomic mass is 10.2. The van der Waals surface area contributed by atoms with Crippen LogP contribution in [0.1, 0.15) is 18.3 Å². The minimum Gasteiger partial charge on any atom is -0.399 e. The number of hydrogen-bond donors (Lipinski definition) is 1. The van der Waals surface area contributed by atoms with Gasteiger partial charge >= 0.3 is 0 Å². The summed E-state index contributed by atoms with van der Waals surface area (Å²) in [4.78, 5) is 6.60. The average molecular weight is 248 g/mol. The number of nitrogen functional groups attached to an aromatic ring is 1. The van der Waals surface area contributed by atoms with E-state index in [2.05, 4.69) is 27.2 Å². The SMILES string of the molecule is CCN(Cc1cccc(N)c1)c1nc(C)ns1. The average Bonchev–Trinajstić information content (AvgIpc) is 2.73. The van der Waals surface area contributed by atoms with Crippen molar-refractivity contribution >= 4 is 22.4 Å². The van der Waals surface area contributed by atoms with Gasteiger partial charge in [0.1, 0.15) is 5.82 Å². The van der Waals surface area contributed by atoms with Crippen LogP contribution in [-0.4, -0.2) is 15.9 Å². The zero-order valence-corrected chi connectivity index (χ0v) is 10.9. The van der Waals surface area contributed by atoms with Crippen molar-refractivity contribution in [3.05, 3.63) is 35.7 Å². The van der Waals surface area contributed by atoms with Crippen LogP contribution >= 0.6 is 11.5 Å². The highest BCUT2D eigenvalue weighted by molar-refractivity contribution is 7.09. The molecule has 0 aliphatic carbocycles. The molecule has 1 heterocycles. The molecule has 0 unspecified atom stereocenters. The van der Waals surface area contributed by atoms with Crippen molar-refractivity contribution in [2.24, 2.45) is 0 Å². The zero-order valence-electron chi connectivity index (χ0n) is 10.1. The van der Waals surface area contributed by atoms with E-state index >= 15 is 0 Å². The molecule has 17 heavy (non-hydrogen) atoms. The van der Waals surface area contributed by atoms with E-state index in [4.69, 9.17) is 5.73 Å². The quantitative estimate of drug-likeness (QED) is 0.844. The fourth-order valence-corrected chi connectivity index (χ4v) is 2.38. The highest BCUT2D eigenvalue weighted by Crippen LogP contribution is 2.19. The van der Waals surface area contributed by atoms with Gasteiger partial charge in [0.25, 0.3) is 0 Å². The van der Waals surface area contributed by atoms with Crippen molar-refractivity contribution in [1.82, 2.24) is 9.36 Å². The topological polar surface area (TPSA) is 55.0 Å². The first-order valence-electron chi connectivity index (χ1n) is 5.58. The van der Waals surface area contributed by atoms with Gasteiger partial charge in [-0.1, -0.05) is 12.1 Å². The molecule has 0 aliphatic heterocycles. The van der Waals surface area contributed by atoms with Gasteiger partial charge in [-0.3, -0.25) is 0 Å². The van der Waals surface area contributed by atoms with E-state index in [1.807, 2.05) is 25.1 Å². The minimum atomic E-state index is 0.798. The van der Waals surface area contributed by atoms with Gasteiger partial charge in [-0.25, -0.2) is 4.98 Å². The molecule has 0 radical (unpaired) electrons. The molecule has 2 N–H and O–H groups in total. The summed E-state index contributed by atoms with van der Waals surface area (Å²) in [6.45, 7) is 5.75. The molecule has 0 fully saturated rings. The predicted molar refractivity (Wildman–Crippen MR) is 72.2 cm³/mol. The van der Waals surface area contributed by atoms with E-state index in [9.17, 15) is 0 Å². The fraction of sp³-hybridized carbons (Fsp3) is 0.333. The summed E-state index contributed by atoms with van der Waals surface area (Å²) < 4.78 is 4.21. The van der Waals surface area contributed by atoms with Gasteiger partial charge in [-0.15, -0.1) is 0 Å². The van der Waals surface area contributed by atoms with E-state index in [0.29, 0.717) is 0 Å². The molecule has 0 saturated carbocycles. The van der Waals surface area contributed by atoms with E-state index in [1.54, 1.807) is 0 Å². The monoisotopic (exact) mass is 248 g/mol. The zero-order chi connectivity index (χ0) is 12.3. The van der Waals surface area contributed by atoms with Crippen LogP contribution in [0.5, 0.6) is 0 Å². The van der Waals surface area contributed by atoms with Crippen molar-refractivity contribution in [1.29, 1.82) is 0 Å². The first kappa shape index (κ1) is 11.9. The highest BCUT2D eigenvalue weighted by Gasteiger charge is 2.09. The molecule has 1 aromatic carbocycles. The van der Waals surface area contributed by atoms with Crippen LogP contribution in [0.4, 0.5) is 10.8 Å². The number of aromatic nitrogens is 2. The maximum atomic E-state index is 5.77. The molecule has 4 nitrogen and oxygen atoms in total. The van der Waals surface area contributed by atoms with Gasteiger partial charge in [0.15, 0.2) is 0 Å². The van der Waals surface area contributed by atoms with Crippen molar-refractivity contribution in [2.75, 3.05) is 17.2 Å². The second-order valence-corrected chi connectivity index (χ2v) is 4.61. The number of anilines is 2. The smallest absolute Gasteiger partial charge is 0.205 e. The van der Waals surface area contributed by atoms with Crippen LogP contribution in [0.3, 0.4) is 0 Å². The Bertz CT molecular complexity index is 495. The second-order valence-electron chi connectivity index (χ2n) is 3.88. The largest absolute Gasteiger partial charge is 0.399 e. The summed E-state index contributed by atoms with van der Waals surface area (Å²) in [6, 6.07) is 7.95. The Morgan fingerprint density at radius 3 is 2.82 bits per heavy atom. The van der Waals surface area contributed by atoms with Crippen molar-refractivity contribution in [2.45, 2.75) is 20.4 Å². The lowest BCUT2D eigenvalue weighted by molar-refractivity contribution is 0.824. The third-order valence-corrected chi connectivity index (χ3v) is 3.36. The van der Waals surface area contributed by atoms with Gasteiger partial charge in [-0.05, 0) is 31.5 Å². The third kappa shape index (κ3) is 2.94. The van der Waals surface area contributed by atoms with Gasteiger partial charge in [0, 0.05) is 30.3 Å². The molecule has 5 heteroatoms. The van der Waals surface area contributed by atoms with Crippen molar-refractivity contribution < 1.29 is 0 Å². The highest BCUT2D eigenvalue weighted by atomic mass is 32.1. The minimum absolute atomic E-state index is 0.798. The van der Waals surface area contributed by atoms with Gasteiger partial charge in [0.05, 0.1) is 0 Å². The summed E-state index contributed by atoms with van der Waals surface area (Å²) in [5.74, 6) is 0.830. The summed E-state index contributed by atoms with van der Waals surface area (Å²) in [7, 11) is 0. The van der Waals surface area contributed by atoms with E-state index in [1.165, 1.54) is 17.1 Å². The fourth-order valence-electron chi connectivity index (χ4n) is 1.64. The number of aryl methyl sites for hydroxylation is 1. The Morgan fingerprint density at radius 2 is 2.24 bits per heavy atom. The number of benzene rings is 1. The van der Waals surface area contributed by atoms with E-state index in [0.717, 1.165) is 29.7 Å². The van der Waals surface area contributed by atoms with Crippen LogP contribution in [0, 0.1) is 6.92 Å². The van der Waals surface area contributed by atoms with Crippen LogP contribution in [0.2, 0.25) is 0 Å².